The lowest BCUT2D eigenvalue weighted by atomic mass is 9.91. The number of anilines is 1. The van der Waals surface area contributed by atoms with Crippen molar-refractivity contribution < 1.29 is 22.7 Å². The Hall–Kier alpha value is -3.30. The zero-order chi connectivity index (χ0) is 22.9. The number of nitrogen functional groups attached to an aromatic ring is 1. The highest BCUT2D eigenvalue weighted by Crippen LogP contribution is 2.39. The molecule has 2 aromatic heterocycles. The third-order valence-corrected chi connectivity index (χ3v) is 5.81. The molecule has 3 N–H and O–H groups in total. The number of H-pyrrole nitrogens is 1. The van der Waals surface area contributed by atoms with Crippen LogP contribution in [-0.2, 0) is 11.0 Å². The highest BCUT2D eigenvalue weighted by Gasteiger charge is 2.36. The summed E-state index contributed by atoms with van der Waals surface area (Å²) in [7, 11) is 0. The number of nitrogens with one attached hydrogen (secondary N) is 1. The Morgan fingerprint density at radius 1 is 1.28 bits per heavy atom. The summed E-state index contributed by atoms with van der Waals surface area (Å²) in [6.45, 7) is 3.13. The van der Waals surface area contributed by atoms with Gasteiger partial charge in [0.25, 0.3) is 0 Å². The van der Waals surface area contributed by atoms with Gasteiger partial charge in [-0.2, -0.15) is 18.3 Å². The smallest absolute Gasteiger partial charge is 0.417 e. The Morgan fingerprint density at radius 3 is 2.69 bits per heavy atom. The molecular formula is C22H24F3N5O2. The fourth-order valence-corrected chi connectivity index (χ4v) is 4.05. The normalized spacial score (nSPS) is 15.3. The standard InChI is InChI=1S/C22H24F3N5O2/c1-13-4-2-3-5-17(13)32-11-8-18(31)30-9-6-14(7-10-30)16-12-15(22(23,24)25)19-20(26)28-29-21(19)27-16/h2-5,12,14H,6-11H2,1H3,(H3,26,27,28,29). The zero-order valence-corrected chi connectivity index (χ0v) is 17.6. The Morgan fingerprint density at radius 2 is 2.00 bits per heavy atom. The van der Waals surface area contributed by atoms with E-state index in [1.54, 1.807) is 4.90 Å². The van der Waals surface area contributed by atoms with Gasteiger partial charge >= 0.3 is 6.18 Å². The van der Waals surface area contributed by atoms with Crippen LogP contribution < -0.4 is 10.5 Å². The first kappa shape index (κ1) is 21.9. The lowest BCUT2D eigenvalue weighted by Gasteiger charge is -2.32. The number of aromatic nitrogens is 3. The van der Waals surface area contributed by atoms with E-state index in [1.807, 2.05) is 31.2 Å². The molecule has 3 heterocycles. The molecule has 4 rings (SSSR count). The van der Waals surface area contributed by atoms with E-state index in [1.165, 1.54) is 0 Å². The molecule has 0 saturated carbocycles. The van der Waals surface area contributed by atoms with Crippen molar-refractivity contribution in [2.24, 2.45) is 0 Å². The van der Waals surface area contributed by atoms with Crippen molar-refractivity contribution >= 4 is 22.8 Å². The molecular weight excluding hydrogens is 423 g/mol. The molecule has 1 aliphatic rings. The second kappa shape index (κ2) is 8.68. The second-order valence-corrected chi connectivity index (χ2v) is 7.95. The lowest BCUT2D eigenvalue weighted by molar-refractivity contribution is -0.136. The Labute approximate surface area is 182 Å². The van der Waals surface area contributed by atoms with Crippen LogP contribution in [-0.4, -0.2) is 45.7 Å². The number of aromatic amines is 1. The average molecular weight is 447 g/mol. The monoisotopic (exact) mass is 447 g/mol. The van der Waals surface area contributed by atoms with Gasteiger partial charge in [0.1, 0.15) is 11.6 Å². The summed E-state index contributed by atoms with van der Waals surface area (Å²) >= 11 is 0. The van der Waals surface area contributed by atoms with Gasteiger partial charge in [-0.1, -0.05) is 18.2 Å². The molecule has 0 aliphatic carbocycles. The first-order valence-corrected chi connectivity index (χ1v) is 10.4. The summed E-state index contributed by atoms with van der Waals surface area (Å²) in [5.74, 6) is 0.377. The number of fused-ring (bicyclic) bond motifs is 1. The van der Waals surface area contributed by atoms with E-state index in [0.29, 0.717) is 31.6 Å². The number of nitrogens with zero attached hydrogens (tertiary/aromatic N) is 3. The van der Waals surface area contributed by atoms with Crippen LogP contribution in [0, 0.1) is 6.92 Å². The Bertz CT molecular complexity index is 1120. The van der Waals surface area contributed by atoms with Gasteiger partial charge in [-0.15, -0.1) is 0 Å². The van der Waals surface area contributed by atoms with Crippen molar-refractivity contribution in [3.63, 3.8) is 0 Å². The molecule has 0 spiro atoms. The van der Waals surface area contributed by atoms with Gasteiger partial charge in [-0.3, -0.25) is 9.89 Å². The predicted molar refractivity (Wildman–Crippen MR) is 113 cm³/mol. The van der Waals surface area contributed by atoms with E-state index in [2.05, 4.69) is 15.2 Å². The van der Waals surface area contributed by atoms with E-state index in [0.717, 1.165) is 17.4 Å². The number of piperidine rings is 1. The quantitative estimate of drug-likeness (QED) is 0.615. The molecule has 1 aromatic carbocycles. The largest absolute Gasteiger partial charge is 0.493 e. The Kier molecular flexibility index (Phi) is 5.94. The number of hydrogen-bond donors (Lipinski definition) is 2. The topological polar surface area (TPSA) is 97.1 Å². The van der Waals surface area contributed by atoms with E-state index in [9.17, 15) is 18.0 Å². The second-order valence-electron chi connectivity index (χ2n) is 7.95. The van der Waals surface area contributed by atoms with Gasteiger partial charge in [-0.25, -0.2) is 4.98 Å². The minimum atomic E-state index is -4.57. The van der Waals surface area contributed by atoms with E-state index in [-0.39, 0.29) is 41.7 Å². The van der Waals surface area contributed by atoms with Crippen LogP contribution in [0.15, 0.2) is 30.3 Å². The summed E-state index contributed by atoms with van der Waals surface area (Å²) in [6.07, 6.45) is -3.27. The number of carbonyl (C=O) groups is 1. The van der Waals surface area contributed by atoms with Crippen LogP contribution in [0.1, 0.15) is 42.0 Å². The predicted octanol–water partition coefficient (Wildman–Crippen LogP) is 4.04. The van der Waals surface area contributed by atoms with Gasteiger partial charge < -0.3 is 15.4 Å². The molecule has 1 fully saturated rings. The first-order valence-electron chi connectivity index (χ1n) is 10.4. The molecule has 1 amide bonds. The van der Waals surface area contributed by atoms with Crippen molar-refractivity contribution in [1.29, 1.82) is 0 Å². The summed E-state index contributed by atoms with van der Waals surface area (Å²) < 4.78 is 46.4. The van der Waals surface area contributed by atoms with E-state index >= 15 is 0 Å². The number of carbonyl (C=O) groups excluding carboxylic acids is 1. The molecule has 0 atom stereocenters. The maximum Gasteiger partial charge on any atom is 0.417 e. The van der Waals surface area contributed by atoms with Crippen molar-refractivity contribution in [2.75, 3.05) is 25.4 Å². The minimum Gasteiger partial charge on any atom is -0.493 e. The molecule has 0 bridgehead atoms. The molecule has 7 nitrogen and oxygen atoms in total. The van der Waals surface area contributed by atoms with Gasteiger partial charge in [0.15, 0.2) is 5.65 Å². The molecule has 1 saturated heterocycles. The number of halogens is 3. The number of aryl methyl sites for hydroxylation is 1. The molecule has 0 unspecified atom stereocenters. The summed E-state index contributed by atoms with van der Waals surface area (Å²) in [6, 6.07) is 8.66. The number of pyridine rings is 1. The number of nitrogens with two attached hydrogens (primary N) is 1. The number of likely N-dealkylation sites (tertiary alicyclic amines) is 1. The van der Waals surface area contributed by atoms with Crippen molar-refractivity contribution in [3.05, 3.63) is 47.2 Å². The highest BCUT2D eigenvalue weighted by atomic mass is 19.4. The zero-order valence-electron chi connectivity index (χ0n) is 17.6. The number of ether oxygens (including phenoxy) is 1. The number of para-hydroxylation sites is 1. The summed E-state index contributed by atoms with van der Waals surface area (Å²) in [5, 5.41) is 5.99. The first-order chi connectivity index (χ1) is 15.2. The number of amides is 1. The number of hydrogen-bond acceptors (Lipinski definition) is 5. The van der Waals surface area contributed by atoms with Crippen molar-refractivity contribution in [2.45, 2.75) is 38.3 Å². The molecule has 10 heteroatoms. The minimum absolute atomic E-state index is 0.0310. The van der Waals surface area contributed by atoms with Crippen molar-refractivity contribution in [1.82, 2.24) is 20.1 Å². The SMILES string of the molecule is Cc1ccccc1OCCC(=O)N1CCC(c2cc(C(F)(F)F)c3c(N)[nH]nc3n2)CC1. The van der Waals surface area contributed by atoms with Crippen LogP contribution in [0.25, 0.3) is 11.0 Å². The van der Waals surface area contributed by atoms with Crippen LogP contribution in [0.4, 0.5) is 19.0 Å². The number of benzene rings is 1. The van der Waals surface area contributed by atoms with E-state index in [4.69, 9.17) is 10.5 Å². The maximum atomic E-state index is 13.6. The highest BCUT2D eigenvalue weighted by molar-refractivity contribution is 5.89. The summed E-state index contributed by atoms with van der Waals surface area (Å²) in [4.78, 5) is 18.6. The molecule has 170 valence electrons. The fraction of sp³-hybridized carbons (Fsp3) is 0.409. The van der Waals surface area contributed by atoms with Gasteiger partial charge in [-0.05, 0) is 37.5 Å². The van der Waals surface area contributed by atoms with Crippen LogP contribution in [0.2, 0.25) is 0 Å². The van der Waals surface area contributed by atoms with Crippen LogP contribution >= 0.6 is 0 Å². The van der Waals surface area contributed by atoms with Gasteiger partial charge in [0, 0.05) is 24.7 Å². The van der Waals surface area contributed by atoms with Crippen LogP contribution in [0.3, 0.4) is 0 Å². The third-order valence-electron chi connectivity index (χ3n) is 5.81. The fourth-order valence-electron chi connectivity index (χ4n) is 4.05. The third kappa shape index (κ3) is 4.49. The number of rotatable bonds is 5. The maximum absolute atomic E-state index is 13.6. The number of alkyl halides is 3. The van der Waals surface area contributed by atoms with Crippen LogP contribution in [0.5, 0.6) is 5.75 Å². The van der Waals surface area contributed by atoms with Gasteiger partial charge in [0.05, 0.1) is 24.0 Å². The summed E-state index contributed by atoms with van der Waals surface area (Å²) in [5.41, 5.74) is 6.07. The molecule has 1 aliphatic heterocycles. The molecule has 32 heavy (non-hydrogen) atoms. The average Bonchev–Trinajstić information content (AvgIpc) is 3.14. The lowest BCUT2D eigenvalue weighted by Crippen LogP contribution is -2.38. The van der Waals surface area contributed by atoms with Gasteiger partial charge in [0.2, 0.25) is 5.91 Å². The van der Waals surface area contributed by atoms with Crippen molar-refractivity contribution in [3.8, 4) is 5.75 Å². The molecule has 0 radical (unpaired) electrons. The van der Waals surface area contributed by atoms with E-state index < -0.39 is 11.7 Å². The molecule has 3 aromatic rings. The Balaban J connectivity index is 1.38.